The van der Waals surface area contributed by atoms with Gasteiger partial charge in [0, 0.05) is 24.2 Å². The van der Waals surface area contributed by atoms with Crippen molar-refractivity contribution in [1.82, 2.24) is 4.90 Å². The summed E-state index contributed by atoms with van der Waals surface area (Å²) in [5.74, 6) is -0.343. The van der Waals surface area contributed by atoms with E-state index >= 15 is 0 Å². The average molecular weight is 355 g/mol. The maximum absolute atomic E-state index is 12.6. The average Bonchev–Trinajstić information content (AvgIpc) is 3.15. The summed E-state index contributed by atoms with van der Waals surface area (Å²) < 4.78 is 0. The van der Waals surface area contributed by atoms with Crippen LogP contribution in [0, 0.1) is 0 Å². The number of carbonyl (C=O) groups is 2. The molecule has 0 atom stereocenters. The van der Waals surface area contributed by atoms with Crippen molar-refractivity contribution in [2.24, 2.45) is 0 Å². The van der Waals surface area contributed by atoms with E-state index in [1.807, 2.05) is 23.1 Å². The van der Waals surface area contributed by atoms with Crippen molar-refractivity contribution in [2.45, 2.75) is 12.8 Å². The first-order valence-corrected chi connectivity index (χ1v) is 8.65. The monoisotopic (exact) mass is 354 g/mol. The Kier molecular flexibility index (Phi) is 5.51. The van der Waals surface area contributed by atoms with E-state index < -0.39 is 0 Å². The Bertz CT molecular complexity index is 811. The van der Waals surface area contributed by atoms with Crippen LogP contribution in [-0.2, 0) is 4.79 Å². The molecular formula is C20H19ClN2O2. The van der Waals surface area contributed by atoms with Crippen molar-refractivity contribution < 1.29 is 9.59 Å². The second-order valence-corrected chi connectivity index (χ2v) is 6.30. The number of halogens is 1. The molecule has 1 fully saturated rings. The van der Waals surface area contributed by atoms with Gasteiger partial charge in [0.05, 0.1) is 11.3 Å². The van der Waals surface area contributed by atoms with Gasteiger partial charge in [-0.2, -0.15) is 0 Å². The smallest absolute Gasteiger partial charge is 0.255 e. The molecule has 0 aromatic heterocycles. The number of anilines is 1. The van der Waals surface area contributed by atoms with Crippen LogP contribution in [0.1, 0.15) is 28.8 Å². The number of amides is 2. The van der Waals surface area contributed by atoms with Gasteiger partial charge in [-0.1, -0.05) is 41.9 Å². The molecule has 0 bridgehead atoms. The van der Waals surface area contributed by atoms with Gasteiger partial charge in [0.1, 0.15) is 0 Å². The highest BCUT2D eigenvalue weighted by molar-refractivity contribution is 6.32. The van der Waals surface area contributed by atoms with E-state index in [0.29, 0.717) is 16.3 Å². The zero-order valence-electron chi connectivity index (χ0n) is 13.7. The molecule has 128 valence electrons. The van der Waals surface area contributed by atoms with Crippen LogP contribution in [0.3, 0.4) is 0 Å². The number of para-hydroxylation sites is 1. The molecule has 1 saturated heterocycles. The van der Waals surface area contributed by atoms with Gasteiger partial charge in [-0.3, -0.25) is 9.59 Å². The summed E-state index contributed by atoms with van der Waals surface area (Å²) in [4.78, 5) is 26.7. The van der Waals surface area contributed by atoms with Crippen molar-refractivity contribution in [3.63, 3.8) is 0 Å². The summed E-state index contributed by atoms with van der Waals surface area (Å²) in [6, 6.07) is 14.4. The fourth-order valence-electron chi connectivity index (χ4n) is 2.82. The van der Waals surface area contributed by atoms with E-state index in [4.69, 9.17) is 11.6 Å². The molecule has 4 nitrogen and oxygen atoms in total. The summed E-state index contributed by atoms with van der Waals surface area (Å²) in [7, 11) is 0. The van der Waals surface area contributed by atoms with E-state index in [1.54, 1.807) is 36.4 Å². The second-order valence-electron chi connectivity index (χ2n) is 5.89. The van der Waals surface area contributed by atoms with Crippen LogP contribution >= 0.6 is 11.6 Å². The molecule has 0 unspecified atom stereocenters. The van der Waals surface area contributed by atoms with Crippen molar-refractivity contribution >= 4 is 35.2 Å². The van der Waals surface area contributed by atoms with Gasteiger partial charge in [-0.15, -0.1) is 0 Å². The molecular weight excluding hydrogens is 336 g/mol. The lowest BCUT2D eigenvalue weighted by Gasteiger charge is -2.17. The van der Waals surface area contributed by atoms with Crippen molar-refractivity contribution in [3.8, 4) is 0 Å². The Labute approximate surface area is 152 Å². The lowest BCUT2D eigenvalue weighted by Crippen LogP contribution is -2.28. The summed E-state index contributed by atoms with van der Waals surface area (Å²) in [6.45, 7) is 1.54. The van der Waals surface area contributed by atoms with Crippen LogP contribution in [0.2, 0.25) is 5.02 Å². The van der Waals surface area contributed by atoms with Gasteiger partial charge in [0.25, 0.3) is 5.91 Å². The molecule has 2 aromatic carbocycles. The molecule has 0 saturated carbocycles. The largest absolute Gasteiger partial charge is 0.339 e. The van der Waals surface area contributed by atoms with Crippen molar-refractivity contribution in [3.05, 3.63) is 70.8 Å². The topological polar surface area (TPSA) is 49.4 Å². The minimum absolute atomic E-state index is 0.0384. The van der Waals surface area contributed by atoms with Gasteiger partial charge in [0.2, 0.25) is 5.91 Å². The van der Waals surface area contributed by atoms with Gasteiger partial charge in [-0.25, -0.2) is 0 Å². The highest BCUT2D eigenvalue weighted by Gasteiger charge is 2.21. The quantitative estimate of drug-likeness (QED) is 0.835. The molecule has 1 heterocycles. The lowest BCUT2D eigenvalue weighted by molar-refractivity contribution is -0.111. The van der Waals surface area contributed by atoms with Crippen molar-refractivity contribution in [1.29, 1.82) is 0 Å². The fraction of sp³-hybridized carbons (Fsp3) is 0.200. The molecule has 5 heteroatoms. The fourth-order valence-corrected chi connectivity index (χ4v) is 3.02. The zero-order chi connectivity index (χ0) is 17.6. The minimum Gasteiger partial charge on any atom is -0.339 e. The number of rotatable bonds is 4. The number of carbonyl (C=O) groups excluding carboxylic acids is 2. The van der Waals surface area contributed by atoms with Crippen LogP contribution in [0.15, 0.2) is 54.6 Å². The van der Waals surface area contributed by atoms with Crippen molar-refractivity contribution in [2.75, 3.05) is 18.4 Å². The Hall–Kier alpha value is -2.59. The predicted octanol–water partition coefficient (Wildman–Crippen LogP) is 4.23. The predicted molar refractivity (Wildman–Crippen MR) is 101 cm³/mol. The van der Waals surface area contributed by atoms with Crippen LogP contribution in [0.5, 0.6) is 0 Å². The molecule has 2 aromatic rings. The van der Waals surface area contributed by atoms with E-state index in [1.165, 1.54) is 6.08 Å². The summed E-state index contributed by atoms with van der Waals surface area (Å²) >= 11 is 6.07. The molecule has 3 rings (SSSR count). The first-order valence-electron chi connectivity index (χ1n) is 8.27. The minimum atomic E-state index is -0.304. The molecule has 0 radical (unpaired) electrons. The SMILES string of the molecule is O=C(/C=C/c1ccccc1Cl)Nc1ccccc1C(=O)N1CCCC1. The molecule has 1 aliphatic heterocycles. The number of benzene rings is 2. The number of likely N-dealkylation sites (tertiary alicyclic amines) is 1. The van der Waals surface area contributed by atoms with E-state index in [0.717, 1.165) is 31.5 Å². The Morgan fingerprint density at radius 3 is 2.44 bits per heavy atom. The van der Waals surface area contributed by atoms with Crippen LogP contribution in [-0.4, -0.2) is 29.8 Å². The highest BCUT2D eigenvalue weighted by Crippen LogP contribution is 2.21. The van der Waals surface area contributed by atoms with E-state index in [2.05, 4.69) is 5.32 Å². The standard InChI is InChI=1S/C20H19ClN2O2/c21-17-9-3-1-7-15(17)11-12-19(24)22-18-10-4-2-8-16(18)20(25)23-13-5-6-14-23/h1-4,7-12H,5-6,13-14H2,(H,22,24)/b12-11+. The van der Waals surface area contributed by atoms with Crippen LogP contribution in [0.4, 0.5) is 5.69 Å². The first kappa shape index (κ1) is 17.2. The molecule has 1 aliphatic rings. The van der Waals surface area contributed by atoms with Gasteiger partial charge < -0.3 is 10.2 Å². The molecule has 0 spiro atoms. The van der Waals surface area contributed by atoms with E-state index in [-0.39, 0.29) is 11.8 Å². The van der Waals surface area contributed by atoms with Crippen LogP contribution < -0.4 is 5.32 Å². The number of hydrogen-bond acceptors (Lipinski definition) is 2. The Morgan fingerprint density at radius 2 is 1.68 bits per heavy atom. The third-order valence-corrected chi connectivity index (χ3v) is 4.47. The molecule has 0 aliphatic carbocycles. The number of hydrogen-bond donors (Lipinski definition) is 1. The third-order valence-electron chi connectivity index (χ3n) is 4.13. The van der Waals surface area contributed by atoms with E-state index in [9.17, 15) is 9.59 Å². The van der Waals surface area contributed by atoms with Gasteiger partial charge in [0.15, 0.2) is 0 Å². The van der Waals surface area contributed by atoms with Crippen LogP contribution in [0.25, 0.3) is 6.08 Å². The number of nitrogens with one attached hydrogen (secondary N) is 1. The maximum Gasteiger partial charge on any atom is 0.255 e. The summed E-state index contributed by atoms with van der Waals surface area (Å²) in [5, 5.41) is 3.37. The normalized spacial score (nSPS) is 14.0. The molecule has 25 heavy (non-hydrogen) atoms. The third kappa shape index (κ3) is 4.28. The molecule has 2 amide bonds. The highest BCUT2D eigenvalue weighted by atomic mass is 35.5. The zero-order valence-corrected chi connectivity index (χ0v) is 14.5. The Morgan fingerprint density at radius 1 is 1.00 bits per heavy atom. The maximum atomic E-state index is 12.6. The van der Waals surface area contributed by atoms with Gasteiger partial charge >= 0.3 is 0 Å². The summed E-state index contributed by atoms with van der Waals surface area (Å²) in [6.07, 6.45) is 5.13. The first-order chi connectivity index (χ1) is 12.1. The lowest BCUT2D eigenvalue weighted by atomic mass is 10.1. The summed E-state index contributed by atoms with van der Waals surface area (Å²) in [5.41, 5.74) is 1.80. The Balaban J connectivity index is 1.73. The number of nitrogens with zero attached hydrogens (tertiary/aromatic N) is 1. The molecule has 1 N–H and O–H groups in total. The van der Waals surface area contributed by atoms with Gasteiger partial charge in [-0.05, 0) is 42.7 Å². The second kappa shape index (κ2) is 7.99.